The van der Waals surface area contributed by atoms with Crippen molar-refractivity contribution in [1.29, 1.82) is 0 Å². The monoisotopic (exact) mass is 239 g/mol. The van der Waals surface area contributed by atoms with Gasteiger partial charge in [-0.25, -0.2) is 4.39 Å². The standard InChI is InChI=1S/C14H22FNO/c1-5-10(3)14(16-6-2)11-7-8-12(15)13(9-11)17-4/h7-10,14,16H,5-6H2,1-4H3. The molecule has 0 amide bonds. The molecule has 1 aromatic rings. The number of methoxy groups -OCH3 is 1. The van der Waals surface area contributed by atoms with Gasteiger partial charge in [-0.15, -0.1) is 0 Å². The van der Waals surface area contributed by atoms with Gasteiger partial charge in [0.2, 0.25) is 0 Å². The van der Waals surface area contributed by atoms with Crippen LogP contribution in [0.25, 0.3) is 0 Å². The molecular weight excluding hydrogens is 217 g/mol. The van der Waals surface area contributed by atoms with E-state index >= 15 is 0 Å². The third kappa shape index (κ3) is 3.43. The Balaban J connectivity index is 3.01. The highest BCUT2D eigenvalue weighted by Gasteiger charge is 2.18. The Labute approximate surface area is 103 Å². The van der Waals surface area contributed by atoms with Crippen LogP contribution >= 0.6 is 0 Å². The largest absolute Gasteiger partial charge is 0.494 e. The molecule has 3 heteroatoms. The number of hydrogen-bond acceptors (Lipinski definition) is 2. The molecule has 1 rings (SSSR count). The Morgan fingerprint density at radius 1 is 1.35 bits per heavy atom. The van der Waals surface area contributed by atoms with Crippen LogP contribution in [0.1, 0.15) is 38.8 Å². The van der Waals surface area contributed by atoms with E-state index in [0.717, 1.165) is 18.5 Å². The van der Waals surface area contributed by atoms with Crippen molar-refractivity contribution in [3.8, 4) is 5.75 Å². The van der Waals surface area contributed by atoms with Crippen LogP contribution in [0.3, 0.4) is 0 Å². The van der Waals surface area contributed by atoms with Gasteiger partial charge in [0.1, 0.15) is 0 Å². The normalized spacial score (nSPS) is 14.4. The summed E-state index contributed by atoms with van der Waals surface area (Å²) in [6, 6.07) is 5.34. The molecule has 0 aliphatic carbocycles. The maximum Gasteiger partial charge on any atom is 0.165 e. The highest BCUT2D eigenvalue weighted by Crippen LogP contribution is 2.28. The molecule has 17 heavy (non-hydrogen) atoms. The molecule has 0 saturated heterocycles. The highest BCUT2D eigenvalue weighted by molar-refractivity contribution is 5.32. The number of benzene rings is 1. The van der Waals surface area contributed by atoms with Crippen LogP contribution in [-0.4, -0.2) is 13.7 Å². The van der Waals surface area contributed by atoms with E-state index in [1.165, 1.54) is 13.2 Å². The van der Waals surface area contributed by atoms with Crippen molar-refractivity contribution < 1.29 is 9.13 Å². The number of rotatable bonds is 6. The summed E-state index contributed by atoms with van der Waals surface area (Å²) in [4.78, 5) is 0. The van der Waals surface area contributed by atoms with Gasteiger partial charge in [-0.1, -0.05) is 33.3 Å². The molecule has 0 spiro atoms. The molecule has 0 heterocycles. The molecule has 2 unspecified atom stereocenters. The lowest BCUT2D eigenvalue weighted by atomic mass is 9.92. The summed E-state index contributed by atoms with van der Waals surface area (Å²) in [5.74, 6) is 0.509. The van der Waals surface area contributed by atoms with Crippen molar-refractivity contribution in [3.63, 3.8) is 0 Å². The molecule has 0 bridgehead atoms. The van der Waals surface area contributed by atoms with E-state index in [1.54, 1.807) is 6.07 Å². The summed E-state index contributed by atoms with van der Waals surface area (Å²) in [7, 11) is 1.49. The van der Waals surface area contributed by atoms with Gasteiger partial charge in [-0.05, 0) is 30.2 Å². The molecule has 0 radical (unpaired) electrons. The second kappa shape index (κ2) is 6.60. The minimum Gasteiger partial charge on any atom is -0.494 e. The van der Waals surface area contributed by atoms with Crippen LogP contribution < -0.4 is 10.1 Å². The van der Waals surface area contributed by atoms with Crippen molar-refractivity contribution in [2.75, 3.05) is 13.7 Å². The van der Waals surface area contributed by atoms with Crippen molar-refractivity contribution in [2.24, 2.45) is 5.92 Å². The Hall–Kier alpha value is -1.09. The maximum absolute atomic E-state index is 13.4. The van der Waals surface area contributed by atoms with Crippen LogP contribution in [0, 0.1) is 11.7 Å². The van der Waals surface area contributed by atoms with Crippen molar-refractivity contribution in [1.82, 2.24) is 5.32 Å². The number of nitrogens with one attached hydrogen (secondary N) is 1. The second-order valence-electron chi connectivity index (χ2n) is 4.31. The van der Waals surface area contributed by atoms with E-state index in [0.29, 0.717) is 11.7 Å². The molecule has 1 N–H and O–H groups in total. The zero-order valence-corrected chi connectivity index (χ0v) is 11.1. The predicted octanol–water partition coefficient (Wildman–Crippen LogP) is 3.53. The van der Waals surface area contributed by atoms with Crippen LogP contribution in [0.2, 0.25) is 0 Å². The van der Waals surface area contributed by atoms with E-state index < -0.39 is 0 Å². The summed E-state index contributed by atoms with van der Waals surface area (Å²) >= 11 is 0. The fourth-order valence-electron chi connectivity index (χ4n) is 1.97. The van der Waals surface area contributed by atoms with E-state index in [2.05, 4.69) is 26.1 Å². The van der Waals surface area contributed by atoms with Gasteiger partial charge in [-0.3, -0.25) is 0 Å². The van der Waals surface area contributed by atoms with Gasteiger partial charge in [-0.2, -0.15) is 0 Å². The molecule has 0 aliphatic heterocycles. The van der Waals surface area contributed by atoms with Crippen LogP contribution in [0.4, 0.5) is 4.39 Å². The molecule has 0 saturated carbocycles. The first kappa shape index (κ1) is 14.0. The topological polar surface area (TPSA) is 21.3 Å². The predicted molar refractivity (Wildman–Crippen MR) is 68.8 cm³/mol. The summed E-state index contributed by atoms with van der Waals surface area (Å²) < 4.78 is 18.4. The number of halogens is 1. The highest BCUT2D eigenvalue weighted by atomic mass is 19.1. The Kier molecular flexibility index (Phi) is 5.42. The number of ether oxygens (including phenoxy) is 1. The van der Waals surface area contributed by atoms with Gasteiger partial charge >= 0.3 is 0 Å². The second-order valence-corrected chi connectivity index (χ2v) is 4.31. The van der Waals surface area contributed by atoms with Crippen molar-refractivity contribution >= 4 is 0 Å². The molecule has 0 aliphatic rings. The summed E-state index contributed by atoms with van der Waals surface area (Å²) in [6.07, 6.45) is 1.08. The third-order valence-electron chi connectivity index (χ3n) is 3.17. The van der Waals surface area contributed by atoms with Crippen LogP contribution in [0.5, 0.6) is 5.75 Å². The van der Waals surface area contributed by atoms with Crippen LogP contribution in [-0.2, 0) is 0 Å². The first-order valence-electron chi connectivity index (χ1n) is 6.20. The van der Waals surface area contributed by atoms with E-state index in [1.807, 2.05) is 6.07 Å². The Morgan fingerprint density at radius 2 is 2.06 bits per heavy atom. The number of hydrogen-bond donors (Lipinski definition) is 1. The first-order chi connectivity index (χ1) is 8.13. The smallest absolute Gasteiger partial charge is 0.165 e. The molecule has 2 atom stereocenters. The zero-order chi connectivity index (χ0) is 12.8. The van der Waals surface area contributed by atoms with E-state index in [-0.39, 0.29) is 11.9 Å². The Morgan fingerprint density at radius 3 is 2.59 bits per heavy atom. The summed E-state index contributed by atoms with van der Waals surface area (Å²) in [5.41, 5.74) is 1.08. The quantitative estimate of drug-likeness (QED) is 0.820. The minimum absolute atomic E-state index is 0.250. The molecule has 96 valence electrons. The molecule has 2 nitrogen and oxygen atoms in total. The van der Waals surface area contributed by atoms with Crippen molar-refractivity contribution in [3.05, 3.63) is 29.6 Å². The third-order valence-corrected chi connectivity index (χ3v) is 3.17. The van der Waals surface area contributed by atoms with Gasteiger partial charge in [0.05, 0.1) is 7.11 Å². The first-order valence-corrected chi connectivity index (χ1v) is 6.20. The SMILES string of the molecule is CCNC(c1ccc(F)c(OC)c1)C(C)CC. The Bertz CT molecular complexity index is 354. The fourth-order valence-corrected chi connectivity index (χ4v) is 1.97. The lowest BCUT2D eigenvalue weighted by Gasteiger charge is -2.24. The van der Waals surface area contributed by atoms with E-state index in [4.69, 9.17) is 4.74 Å². The molecule has 0 fully saturated rings. The maximum atomic E-state index is 13.4. The molecule has 1 aromatic carbocycles. The average molecular weight is 239 g/mol. The van der Waals surface area contributed by atoms with Gasteiger partial charge < -0.3 is 10.1 Å². The molecular formula is C14H22FNO. The lowest BCUT2D eigenvalue weighted by Crippen LogP contribution is -2.26. The van der Waals surface area contributed by atoms with Crippen LogP contribution in [0.15, 0.2) is 18.2 Å². The fraction of sp³-hybridized carbons (Fsp3) is 0.571. The van der Waals surface area contributed by atoms with E-state index in [9.17, 15) is 4.39 Å². The van der Waals surface area contributed by atoms with Crippen molar-refractivity contribution in [2.45, 2.75) is 33.2 Å². The van der Waals surface area contributed by atoms with Gasteiger partial charge in [0.15, 0.2) is 11.6 Å². The average Bonchev–Trinajstić information content (AvgIpc) is 2.36. The minimum atomic E-state index is -0.310. The molecule has 0 aromatic heterocycles. The zero-order valence-electron chi connectivity index (χ0n) is 11.1. The van der Waals surface area contributed by atoms with Gasteiger partial charge in [0, 0.05) is 6.04 Å². The van der Waals surface area contributed by atoms with Gasteiger partial charge in [0.25, 0.3) is 0 Å². The summed E-state index contributed by atoms with van der Waals surface area (Å²) in [5, 5.41) is 3.44. The lowest BCUT2D eigenvalue weighted by molar-refractivity contribution is 0.370. The summed E-state index contributed by atoms with van der Waals surface area (Å²) in [6.45, 7) is 7.34.